The Labute approximate surface area is 113 Å². The van der Waals surface area contributed by atoms with Crippen molar-refractivity contribution in [3.05, 3.63) is 29.8 Å². The summed E-state index contributed by atoms with van der Waals surface area (Å²) in [6, 6.07) is 7.92. The third-order valence-corrected chi connectivity index (χ3v) is 5.46. The van der Waals surface area contributed by atoms with Gasteiger partial charge in [-0.3, -0.25) is 4.79 Å². The zero-order chi connectivity index (χ0) is 12.3. The summed E-state index contributed by atoms with van der Waals surface area (Å²) in [5.74, 6) is 3.51. The SMILES string of the molecule is O=C(NC1C2C3CCC(C3)C12)c1ccc(S)cc1. The summed E-state index contributed by atoms with van der Waals surface area (Å²) in [6.45, 7) is 0. The largest absolute Gasteiger partial charge is 0.349 e. The molecule has 3 fully saturated rings. The van der Waals surface area contributed by atoms with Crippen molar-refractivity contribution >= 4 is 18.5 Å². The molecule has 1 aromatic carbocycles. The second-order valence-corrected chi connectivity index (χ2v) is 6.55. The third kappa shape index (κ3) is 1.53. The summed E-state index contributed by atoms with van der Waals surface area (Å²) in [4.78, 5) is 13.0. The third-order valence-electron chi connectivity index (χ3n) is 5.16. The molecule has 4 atom stereocenters. The molecular weight excluding hydrogens is 242 g/mol. The van der Waals surface area contributed by atoms with E-state index in [0.29, 0.717) is 6.04 Å². The van der Waals surface area contributed by atoms with Gasteiger partial charge in [0.25, 0.3) is 5.91 Å². The second-order valence-electron chi connectivity index (χ2n) is 6.03. The highest BCUT2D eigenvalue weighted by molar-refractivity contribution is 7.80. The summed E-state index contributed by atoms with van der Waals surface area (Å²) < 4.78 is 0. The number of carbonyl (C=O) groups is 1. The van der Waals surface area contributed by atoms with Crippen molar-refractivity contribution in [1.29, 1.82) is 0 Å². The van der Waals surface area contributed by atoms with Gasteiger partial charge in [-0.25, -0.2) is 0 Å². The minimum atomic E-state index is 0.0853. The molecule has 0 aliphatic heterocycles. The molecule has 2 bridgehead atoms. The molecule has 0 saturated heterocycles. The number of hydrogen-bond acceptors (Lipinski definition) is 2. The molecule has 0 radical (unpaired) electrons. The molecule has 0 heterocycles. The lowest BCUT2D eigenvalue weighted by atomic mass is 10.0. The molecule has 0 spiro atoms. The van der Waals surface area contributed by atoms with Gasteiger partial charge in [0.2, 0.25) is 0 Å². The Kier molecular flexibility index (Phi) is 2.28. The van der Waals surface area contributed by atoms with E-state index in [1.807, 2.05) is 24.3 Å². The average molecular weight is 259 g/mol. The van der Waals surface area contributed by atoms with Gasteiger partial charge in [-0.05, 0) is 67.2 Å². The standard InChI is InChI=1S/C15H17NOS/c17-15(8-3-5-11(18)6-4-8)16-14-12-9-1-2-10(7-9)13(12)14/h3-6,9-10,12-14,18H,1-2,7H2,(H,16,17). The number of fused-ring (bicyclic) bond motifs is 5. The summed E-state index contributed by atoms with van der Waals surface area (Å²) in [6.07, 6.45) is 4.22. The van der Waals surface area contributed by atoms with E-state index in [4.69, 9.17) is 0 Å². The van der Waals surface area contributed by atoms with E-state index >= 15 is 0 Å². The van der Waals surface area contributed by atoms with E-state index in [2.05, 4.69) is 17.9 Å². The Hall–Kier alpha value is -0.960. The van der Waals surface area contributed by atoms with Crippen molar-refractivity contribution in [2.45, 2.75) is 30.2 Å². The molecule has 3 saturated carbocycles. The smallest absolute Gasteiger partial charge is 0.251 e. The van der Waals surface area contributed by atoms with E-state index in [9.17, 15) is 4.79 Å². The quantitative estimate of drug-likeness (QED) is 0.786. The van der Waals surface area contributed by atoms with E-state index < -0.39 is 0 Å². The highest BCUT2D eigenvalue weighted by Gasteiger charge is 2.65. The highest BCUT2D eigenvalue weighted by atomic mass is 32.1. The van der Waals surface area contributed by atoms with Crippen LogP contribution in [0.3, 0.4) is 0 Å². The summed E-state index contributed by atoms with van der Waals surface area (Å²) in [7, 11) is 0. The Bertz CT molecular complexity index is 482. The van der Waals surface area contributed by atoms with Gasteiger partial charge in [0.05, 0.1) is 0 Å². The number of rotatable bonds is 2. The van der Waals surface area contributed by atoms with Crippen molar-refractivity contribution in [1.82, 2.24) is 5.32 Å². The average Bonchev–Trinajstić information content (AvgIpc) is 2.78. The van der Waals surface area contributed by atoms with Crippen LogP contribution >= 0.6 is 12.6 Å². The minimum absolute atomic E-state index is 0.0853. The number of carbonyl (C=O) groups excluding carboxylic acids is 1. The molecule has 3 heteroatoms. The van der Waals surface area contributed by atoms with Gasteiger partial charge in [-0.1, -0.05) is 0 Å². The Morgan fingerprint density at radius 3 is 2.33 bits per heavy atom. The fourth-order valence-corrected chi connectivity index (χ4v) is 4.52. The summed E-state index contributed by atoms with van der Waals surface area (Å²) in [5.41, 5.74) is 0.755. The number of benzene rings is 1. The van der Waals surface area contributed by atoms with Crippen LogP contribution in [0.2, 0.25) is 0 Å². The van der Waals surface area contributed by atoms with Gasteiger partial charge in [-0.2, -0.15) is 0 Å². The van der Waals surface area contributed by atoms with Gasteiger partial charge >= 0.3 is 0 Å². The maximum atomic E-state index is 12.1. The zero-order valence-corrected chi connectivity index (χ0v) is 11.1. The molecule has 3 aliphatic rings. The van der Waals surface area contributed by atoms with Crippen LogP contribution in [0.15, 0.2) is 29.2 Å². The van der Waals surface area contributed by atoms with Crippen LogP contribution in [0.25, 0.3) is 0 Å². The predicted molar refractivity (Wildman–Crippen MR) is 72.8 cm³/mol. The van der Waals surface area contributed by atoms with Crippen molar-refractivity contribution in [2.75, 3.05) is 0 Å². The van der Waals surface area contributed by atoms with Crippen LogP contribution in [0.4, 0.5) is 0 Å². The number of amides is 1. The molecule has 94 valence electrons. The number of hydrogen-bond donors (Lipinski definition) is 2. The lowest BCUT2D eigenvalue weighted by Crippen LogP contribution is -2.29. The first-order valence-corrected chi connectivity index (χ1v) is 7.28. The van der Waals surface area contributed by atoms with Crippen molar-refractivity contribution in [3.8, 4) is 0 Å². The van der Waals surface area contributed by atoms with E-state index in [0.717, 1.165) is 34.1 Å². The Morgan fingerprint density at radius 2 is 1.72 bits per heavy atom. The highest BCUT2D eigenvalue weighted by Crippen LogP contribution is 2.65. The van der Waals surface area contributed by atoms with Crippen LogP contribution < -0.4 is 5.32 Å². The van der Waals surface area contributed by atoms with E-state index in [1.165, 1.54) is 19.3 Å². The van der Waals surface area contributed by atoms with Crippen LogP contribution in [-0.4, -0.2) is 11.9 Å². The van der Waals surface area contributed by atoms with Gasteiger partial charge in [0, 0.05) is 16.5 Å². The van der Waals surface area contributed by atoms with Crippen molar-refractivity contribution in [2.24, 2.45) is 23.7 Å². The number of thiol groups is 1. The van der Waals surface area contributed by atoms with Crippen LogP contribution in [0, 0.1) is 23.7 Å². The molecular formula is C15H17NOS. The molecule has 3 aliphatic carbocycles. The predicted octanol–water partition coefficient (Wildman–Crippen LogP) is 2.75. The van der Waals surface area contributed by atoms with Crippen molar-refractivity contribution < 1.29 is 4.79 Å². The number of nitrogens with one attached hydrogen (secondary N) is 1. The first-order chi connectivity index (χ1) is 8.74. The molecule has 4 rings (SSSR count). The maximum absolute atomic E-state index is 12.1. The van der Waals surface area contributed by atoms with Crippen LogP contribution in [0.5, 0.6) is 0 Å². The summed E-state index contributed by atoms with van der Waals surface area (Å²) in [5, 5.41) is 3.23. The van der Waals surface area contributed by atoms with Gasteiger partial charge in [0.1, 0.15) is 0 Å². The van der Waals surface area contributed by atoms with Crippen LogP contribution in [0.1, 0.15) is 29.6 Å². The second kappa shape index (κ2) is 3.77. The lowest BCUT2D eigenvalue weighted by molar-refractivity contribution is 0.0944. The van der Waals surface area contributed by atoms with Crippen molar-refractivity contribution in [3.63, 3.8) is 0 Å². The normalized spacial score (nSPS) is 39.5. The Balaban J connectivity index is 1.44. The van der Waals surface area contributed by atoms with Gasteiger partial charge in [-0.15, -0.1) is 12.6 Å². The molecule has 1 N–H and O–H groups in total. The first kappa shape index (κ1) is 10.9. The van der Waals surface area contributed by atoms with Gasteiger partial charge < -0.3 is 5.32 Å². The summed E-state index contributed by atoms with van der Waals surface area (Å²) >= 11 is 4.24. The molecule has 0 aromatic heterocycles. The van der Waals surface area contributed by atoms with E-state index in [1.54, 1.807) is 0 Å². The van der Waals surface area contributed by atoms with Gasteiger partial charge in [0.15, 0.2) is 0 Å². The first-order valence-electron chi connectivity index (χ1n) is 6.84. The van der Waals surface area contributed by atoms with Crippen LogP contribution in [-0.2, 0) is 0 Å². The molecule has 18 heavy (non-hydrogen) atoms. The minimum Gasteiger partial charge on any atom is -0.349 e. The van der Waals surface area contributed by atoms with E-state index in [-0.39, 0.29) is 5.91 Å². The molecule has 1 amide bonds. The zero-order valence-electron chi connectivity index (χ0n) is 10.2. The molecule has 4 unspecified atom stereocenters. The topological polar surface area (TPSA) is 29.1 Å². The molecule has 2 nitrogen and oxygen atoms in total. The maximum Gasteiger partial charge on any atom is 0.251 e. The fraction of sp³-hybridized carbons (Fsp3) is 0.533. The Morgan fingerprint density at radius 1 is 1.11 bits per heavy atom. The monoisotopic (exact) mass is 259 g/mol. The molecule has 1 aromatic rings. The lowest BCUT2D eigenvalue weighted by Gasteiger charge is -2.10. The fourth-order valence-electron chi connectivity index (χ4n) is 4.37.